The molecule has 0 aliphatic heterocycles. The van der Waals surface area contributed by atoms with Gasteiger partial charge in [0.2, 0.25) is 0 Å². The Balaban J connectivity index is 2.52. The Morgan fingerprint density at radius 3 is 1.58 bits per heavy atom. The van der Waals surface area contributed by atoms with Crippen LogP contribution >= 0.6 is 0 Å². The minimum Gasteiger partial charge on any atom is -0.497 e. The highest BCUT2D eigenvalue weighted by atomic mass is 16.5. The van der Waals surface area contributed by atoms with Gasteiger partial charge in [-0.25, -0.2) is 14.4 Å². The Bertz CT molecular complexity index is 1260. The SMILES string of the molecule is COC(=O)c1cc(-c2ccc(OC)cc2)c(-c2ccc(OC)cc2)c(C(=O)OC(C)C)c1C(=O)OC. The predicted octanol–water partition coefficient (Wildman–Crippen LogP) is 5.18. The van der Waals surface area contributed by atoms with Crippen molar-refractivity contribution in [1.82, 2.24) is 0 Å². The van der Waals surface area contributed by atoms with E-state index < -0.39 is 24.0 Å². The molecule has 0 amide bonds. The Morgan fingerprint density at radius 1 is 0.639 bits per heavy atom. The molecule has 188 valence electrons. The molecule has 8 nitrogen and oxygen atoms in total. The van der Waals surface area contributed by atoms with Crippen molar-refractivity contribution in [2.75, 3.05) is 28.4 Å². The van der Waals surface area contributed by atoms with Crippen LogP contribution in [0.3, 0.4) is 0 Å². The molecule has 0 fully saturated rings. The number of carbonyl (C=O) groups is 3. The third kappa shape index (κ3) is 5.33. The van der Waals surface area contributed by atoms with E-state index in [0.717, 1.165) is 0 Å². The van der Waals surface area contributed by atoms with Crippen LogP contribution in [0.4, 0.5) is 0 Å². The van der Waals surface area contributed by atoms with Gasteiger partial charge in [0.15, 0.2) is 0 Å². The summed E-state index contributed by atoms with van der Waals surface area (Å²) in [6, 6.07) is 15.6. The number of ether oxygens (including phenoxy) is 5. The van der Waals surface area contributed by atoms with Gasteiger partial charge >= 0.3 is 17.9 Å². The molecule has 3 aromatic carbocycles. The number of esters is 3. The maximum absolute atomic E-state index is 13.5. The average molecular weight is 493 g/mol. The largest absolute Gasteiger partial charge is 0.497 e. The molecule has 0 saturated carbocycles. The minimum atomic E-state index is -0.873. The van der Waals surface area contributed by atoms with Crippen LogP contribution in [0.1, 0.15) is 44.9 Å². The van der Waals surface area contributed by atoms with E-state index in [2.05, 4.69) is 0 Å². The zero-order chi connectivity index (χ0) is 26.4. The number of methoxy groups -OCH3 is 4. The van der Waals surface area contributed by atoms with E-state index in [4.69, 9.17) is 23.7 Å². The summed E-state index contributed by atoms with van der Waals surface area (Å²) in [5.41, 5.74) is 1.70. The van der Waals surface area contributed by atoms with E-state index in [1.807, 2.05) is 0 Å². The first-order valence-corrected chi connectivity index (χ1v) is 11.1. The molecule has 8 heteroatoms. The molecule has 0 atom stereocenters. The molecule has 3 aromatic rings. The molecular weight excluding hydrogens is 464 g/mol. The molecule has 0 N–H and O–H groups in total. The highest BCUT2D eigenvalue weighted by Gasteiger charge is 2.33. The maximum Gasteiger partial charge on any atom is 0.339 e. The first-order valence-electron chi connectivity index (χ1n) is 11.1. The predicted molar refractivity (Wildman–Crippen MR) is 134 cm³/mol. The van der Waals surface area contributed by atoms with E-state index >= 15 is 0 Å². The van der Waals surface area contributed by atoms with Gasteiger partial charge < -0.3 is 23.7 Å². The highest BCUT2D eigenvalue weighted by molar-refractivity contribution is 6.16. The van der Waals surface area contributed by atoms with E-state index in [0.29, 0.717) is 33.8 Å². The second-order valence-electron chi connectivity index (χ2n) is 7.99. The van der Waals surface area contributed by atoms with Gasteiger partial charge in [-0.2, -0.15) is 0 Å². The van der Waals surface area contributed by atoms with Crippen LogP contribution in [-0.4, -0.2) is 52.5 Å². The minimum absolute atomic E-state index is 0.102. The van der Waals surface area contributed by atoms with Crippen LogP contribution < -0.4 is 9.47 Å². The van der Waals surface area contributed by atoms with Crippen molar-refractivity contribution in [3.8, 4) is 33.8 Å². The Labute approximate surface area is 209 Å². The third-order valence-electron chi connectivity index (χ3n) is 5.45. The van der Waals surface area contributed by atoms with Crippen molar-refractivity contribution in [3.05, 3.63) is 71.3 Å². The van der Waals surface area contributed by atoms with E-state index in [1.54, 1.807) is 76.6 Å². The fraction of sp³-hybridized carbons (Fsp3) is 0.250. The summed E-state index contributed by atoms with van der Waals surface area (Å²) in [5, 5.41) is 0. The van der Waals surface area contributed by atoms with E-state index in [-0.39, 0.29) is 16.7 Å². The lowest BCUT2D eigenvalue weighted by Crippen LogP contribution is -2.22. The molecular formula is C28H28O8. The van der Waals surface area contributed by atoms with Crippen LogP contribution in [0, 0.1) is 0 Å². The van der Waals surface area contributed by atoms with Crippen molar-refractivity contribution < 1.29 is 38.1 Å². The van der Waals surface area contributed by atoms with Gasteiger partial charge in [-0.3, -0.25) is 0 Å². The zero-order valence-corrected chi connectivity index (χ0v) is 21.0. The molecule has 0 spiro atoms. The smallest absolute Gasteiger partial charge is 0.339 e. The number of hydrogen-bond acceptors (Lipinski definition) is 8. The van der Waals surface area contributed by atoms with Crippen molar-refractivity contribution in [2.45, 2.75) is 20.0 Å². The van der Waals surface area contributed by atoms with Crippen LogP contribution in [0.15, 0.2) is 54.6 Å². The summed E-state index contributed by atoms with van der Waals surface area (Å²) in [7, 11) is 5.47. The molecule has 36 heavy (non-hydrogen) atoms. The second kappa shape index (κ2) is 11.4. The lowest BCUT2D eigenvalue weighted by atomic mass is 9.84. The Hall–Kier alpha value is -4.33. The number of rotatable bonds is 8. The fourth-order valence-electron chi connectivity index (χ4n) is 3.80. The second-order valence-corrected chi connectivity index (χ2v) is 7.99. The molecule has 0 aliphatic rings. The third-order valence-corrected chi connectivity index (χ3v) is 5.45. The monoisotopic (exact) mass is 492 g/mol. The number of carbonyl (C=O) groups excluding carboxylic acids is 3. The van der Waals surface area contributed by atoms with Gasteiger partial charge in [-0.1, -0.05) is 24.3 Å². The van der Waals surface area contributed by atoms with Gasteiger partial charge in [0.1, 0.15) is 11.5 Å². The topological polar surface area (TPSA) is 97.4 Å². The summed E-state index contributed by atoms with van der Waals surface area (Å²) < 4.78 is 26.0. The van der Waals surface area contributed by atoms with Gasteiger partial charge in [0, 0.05) is 5.56 Å². The first-order chi connectivity index (χ1) is 17.2. The molecule has 0 aromatic heterocycles. The lowest BCUT2D eigenvalue weighted by molar-refractivity contribution is 0.0368. The molecule has 0 aliphatic carbocycles. The average Bonchev–Trinajstić information content (AvgIpc) is 2.90. The summed E-state index contributed by atoms with van der Waals surface area (Å²) in [4.78, 5) is 39.4. The first kappa shape index (κ1) is 26.3. The van der Waals surface area contributed by atoms with Crippen LogP contribution in [-0.2, 0) is 14.2 Å². The van der Waals surface area contributed by atoms with Crippen molar-refractivity contribution in [1.29, 1.82) is 0 Å². The quantitative estimate of drug-likeness (QED) is 0.314. The Morgan fingerprint density at radius 2 is 1.14 bits per heavy atom. The van der Waals surface area contributed by atoms with Crippen LogP contribution in [0.5, 0.6) is 11.5 Å². The highest BCUT2D eigenvalue weighted by Crippen LogP contribution is 2.40. The van der Waals surface area contributed by atoms with Gasteiger partial charge in [-0.05, 0) is 60.9 Å². The van der Waals surface area contributed by atoms with Crippen molar-refractivity contribution >= 4 is 17.9 Å². The van der Waals surface area contributed by atoms with Gasteiger partial charge in [-0.15, -0.1) is 0 Å². The summed E-state index contributed by atoms with van der Waals surface area (Å²) >= 11 is 0. The number of benzene rings is 3. The van der Waals surface area contributed by atoms with Crippen molar-refractivity contribution in [3.63, 3.8) is 0 Å². The lowest BCUT2D eigenvalue weighted by Gasteiger charge is -2.21. The molecule has 0 radical (unpaired) electrons. The van der Waals surface area contributed by atoms with E-state index in [1.165, 1.54) is 20.3 Å². The van der Waals surface area contributed by atoms with Crippen LogP contribution in [0.25, 0.3) is 22.3 Å². The molecule has 3 rings (SSSR count). The maximum atomic E-state index is 13.5. The van der Waals surface area contributed by atoms with Gasteiger partial charge in [0.25, 0.3) is 0 Å². The van der Waals surface area contributed by atoms with Crippen LogP contribution in [0.2, 0.25) is 0 Å². The molecule has 0 unspecified atom stereocenters. The molecule has 0 bridgehead atoms. The zero-order valence-electron chi connectivity index (χ0n) is 21.0. The molecule has 0 saturated heterocycles. The summed E-state index contributed by atoms with van der Waals surface area (Å²) in [5.74, 6) is -1.22. The molecule has 0 heterocycles. The van der Waals surface area contributed by atoms with E-state index in [9.17, 15) is 14.4 Å². The van der Waals surface area contributed by atoms with Gasteiger partial charge in [0.05, 0.1) is 51.2 Å². The fourth-order valence-corrected chi connectivity index (χ4v) is 3.80. The summed E-state index contributed by atoms with van der Waals surface area (Å²) in [6.45, 7) is 3.38. The number of hydrogen-bond donors (Lipinski definition) is 0. The Kier molecular flexibility index (Phi) is 8.32. The normalized spacial score (nSPS) is 10.5. The standard InChI is InChI=1S/C28H28O8/c1-16(2)36-28(31)25-23(18-9-13-20(33-4)14-10-18)21(17-7-11-19(32-3)12-8-17)15-22(26(29)34-5)24(25)27(30)35-6/h7-16H,1-6H3. The van der Waals surface area contributed by atoms with Crippen molar-refractivity contribution in [2.24, 2.45) is 0 Å². The summed E-state index contributed by atoms with van der Waals surface area (Å²) in [6.07, 6.45) is -0.488.